The lowest BCUT2D eigenvalue weighted by Gasteiger charge is -2.13. The second-order valence-corrected chi connectivity index (χ2v) is 6.54. The van der Waals surface area contributed by atoms with Crippen LogP contribution in [0.15, 0.2) is 41.3 Å². The zero-order valence-corrected chi connectivity index (χ0v) is 12.8. The maximum atomic E-state index is 13.7. The smallest absolute Gasteiger partial charge is 0.262 e. The van der Waals surface area contributed by atoms with Crippen LogP contribution >= 0.6 is 11.6 Å². The van der Waals surface area contributed by atoms with Crippen molar-refractivity contribution >= 4 is 33.0 Å². The second kappa shape index (κ2) is 5.91. The summed E-state index contributed by atoms with van der Waals surface area (Å²) in [5.41, 5.74) is 6.40. The van der Waals surface area contributed by atoms with E-state index in [2.05, 4.69) is 4.72 Å². The Morgan fingerprint density at radius 2 is 1.95 bits per heavy atom. The van der Waals surface area contributed by atoms with Crippen LogP contribution in [-0.4, -0.2) is 8.42 Å². The number of halogens is 2. The van der Waals surface area contributed by atoms with Crippen LogP contribution < -0.4 is 10.5 Å². The normalized spacial score (nSPS) is 11.4. The van der Waals surface area contributed by atoms with E-state index in [9.17, 15) is 12.8 Å². The highest BCUT2D eigenvalue weighted by Gasteiger charge is 2.20. The lowest BCUT2D eigenvalue weighted by atomic mass is 10.1. The highest BCUT2D eigenvalue weighted by atomic mass is 35.5. The molecule has 112 valence electrons. The molecule has 0 spiro atoms. The molecule has 0 aromatic heterocycles. The molecule has 0 saturated heterocycles. The number of nitrogens with two attached hydrogens (primary N) is 1. The molecule has 2 aromatic carbocycles. The van der Waals surface area contributed by atoms with Gasteiger partial charge >= 0.3 is 0 Å². The third-order valence-corrected chi connectivity index (χ3v) is 4.62. The lowest BCUT2D eigenvalue weighted by Crippen LogP contribution is -2.16. The summed E-state index contributed by atoms with van der Waals surface area (Å²) in [6, 6.07) is 8.34. The van der Waals surface area contributed by atoms with Crippen molar-refractivity contribution in [3.63, 3.8) is 0 Å². The van der Waals surface area contributed by atoms with Gasteiger partial charge in [0.25, 0.3) is 10.0 Å². The van der Waals surface area contributed by atoms with Crippen LogP contribution in [0.3, 0.4) is 0 Å². The number of aryl methyl sites for hydroxylation is 1. The summed E-state index contributed by atoms with van der Waals surface area (Å²) in [4.78, 5) is 0.0411. The molecule has 0 amide bonds. The fourth-order valence-corrected chi connectivity index (χ4v) is 3.46. The van der Waals surface area contributed by atoms with Crippen LogP contribution in [-0.2, 0) is 16.4 Å². The predicted octanol–water partition coefficient (Wildman–Crippen LogP) is 3.42. The first kappa shape index (κ1) is 15.6. The molecule has 0 atom stereocenters. The van der Waals surface area contributed by atoms with E-state index < -0.39 is 15.8 Å². The standard InChI is InChI=1S/C14H14ClFN2O2S/c1-2-9-3-5-11(17)8-14(9)21(19,20)18-13-6-4-10(15)7-12(13)16/h3-8,18H,2,17H2,1H3. The zero-order chi connectivity index (χ0) is 15.6. The molecule has 0 unspecified atom stereocenters. The van der Waals surface area contributed by atoms with Gasteiger partial charge in [-0.25, -0.2) is 12.8 Å². The van der Waals surface area contributed by atoms with E-state index in [1.807, 2.05) is 6.92 Å². The molecular weight excluding hydrogens is 315 g/mol. The number of benzene rings is 2. The molecule has 21 heavy (non-hydrogen) atoms. The van der Waals surface area contributed by atoms with Crippen molar-refractivity contribution in [3.8, 4) is 0 Å². The van der Waals surface area contributed by atoms with Gasteiger partial charge in [0.05, 0.1) is 10.6 Å². The number of anilines is 2. The zero-order valence-electron chi connectivity index (χ0n) is 11.2. The van der Waals surface area contributed by atoms with E-state index in [0.717, 1.165) is 6.07 Å². The van der Waals surface area contributed by atoms with Crippen LogP contribution in [0.4, 0.5) is 15.8 Å². The fourth-order valence-electron chi connectivity index (χ4n) is 1.89. The maximum Gasteiger partial charge on any atom is 0.262 e. The molecule has 3 N–H and O–H groups in total. The van der Waals surface area contributed by atoms with E-state index in [-0.39, 0.29) is 15.6 Å². The van der Waals surface area contributed by atoms with E-state index in [1.54, 1.807) is 12.1 Å². The summed E-state index contributed by atoms with van der Waals surface area (Å²) in [5, 5.41) is 0.189. The van der Waals surface area contributed by atoms with Gasteiger partial charge in [-0.2, -0.15) is 0 Å². The Morgan fingerprint density at radius 1 is 1.24 bits per heavy atom. The lowest BCUT2D eigenvalue weighted by molar-refractivity contribution is 0.597. The van der Waals surface area contributed by atoms with Gasteiger partial charge in [0.15, 0.2) is 0 Å². The SMILES string of the molecule is CCc1ccc(N)cc1S(=O)(=O)Nc1ccc(Cl)cc1F. The second-order valence-electron chi connectivity index (χ2n) is 4.45. The minimum atomic E-state index is -3.93. The van der Waals surface area contributed by atoms with Crippen molar-refractivity contribution < 1.29 is 12.8 Å². The Balaban J connectivity index is 2.45. The van der Waals surface area contributed by atoms with Gasteiger partial charge in [0.2, 0.25) is 0 Å². The summed E-state index contributed by atoms with van der Waals surface area (Å²) in [7, 11) is -3.93. The number of hydrogen-bond donors (Lipinski definition) is 2. The van der Waals surface area contributed by atoms with Crippen molar-refractivity contribution in [2.45, 2.75) is 18.2 Å². The molecule has 7 heteroatoms. The van der Waals surface area contributed by atoms with Gasteiger partial charge in [0.1, 0.15) is 5.82 Å². The summed E-state index contributed by atoms with van der Waals surface area (Å²) in [6.07, 6.45) is 0.514. The van der Waals surface area contributed by atoms with Gasteiger partial charge in [0, 0.05) is 10.7 Å². The monoisotopic (exact) mass is 328 g/mol. The third-order valence-electron chi connectivity index (χ3n) is 2.94. The van der Waals surface area contributed by atoms with Gasteiger partial charge < -0.3 is 5.73 Å². The van der Waals surface area contributed by atoms with E-state index in [1.165, 1.54) is 18.2 Å². The van der Waals surface area contributed by atoms with Crippen LogP contribution in [0.1, 0.15) is 12.5 Å². The van der Waals surface area contributed by atoms with Crippen molar-refractivity contribution in [1.82, 2.24) is 0 Å². The van der Waals surface area contributed by atoms with E-state index >= 15 is 0 Å². The average Bonchev–Trinajstić information content (AvgIpc) is 2.42. The topological polar surface area (TPSA) is 72.2 Å². The highest BCUT2D eigenvalue weighted by molar-refractivity contribution is 7.92. The molecule has 2 aromatic rings. The minimum absolute atomic E-state index is 0.0411. The first-order valence-corrected chi connectivity index (χ1v) is 8.06. The van der Waals surface area contributed by atoms with Crippen molar-refractivity contribution in [2.24, 2.45) is 0 Å². The molecule has 0 heterocycles. The molecule has 0 fully saturated rings. The van der Waals surface area contributed by atoms with Crippen molar-refractivity contribution in [1.29, 1.82) is 0 Å². The van der Waals surface area contributed by atoms with Crippen LogP contribution in [0, 0.1) is 5.82 Å². The predicted molar refractivity (Wildman–Crippen MR) is 82.5 cm³/mol. The molecule has 0 aliphatic carbocycles. The van der Waals surface area contributed by atoms with E-state index in [0.29, 0.717) is 17.7 Å². The van der Waals surface area contributed by atoms with Crippen LogP contribution in [0.2, 0.25) is 5.02 Å². The Bertz CT molecular complexity index is 779. The average molecular weight is 329 g/mol. The molecule has 0 bridgehead atoms. The van der Waals surface area contributed by atoms with Gasteiger partial charge in [-0.15, -0.1) is 0 Å². The highest BCUT2D eigenvalue weighted by Crippen LogP contribution is 2.25. The Kier molecular flexibility index (Phi) is 4.39. The summed E-state index contributed by atoms with van der Waals surface area (Å²) < 4.78 is 40.7. The third kappa shape index (κ3) is 3.46. The molecular formula is C14H14ClFN2O2S. The Morgan fingerprint density at radius 3 is 2.57 bits per heavy atom. The summed E-state index contributed by atoms with van der Waals surface area (Å²) in [5.74, 6) is -0.743. The summed E-state index contributed by atoms with van der Waals surface area (Å²) in [6.45, 7) is 1.83. The molecule has 0 aliphatic heterocycles. The maximum absolute atomic E-state index is 13.7. The van der Waals surface area contributed by atoms with E-state index in [4.69, 9.17) is 17.3 Å². The minimum Gasteiger partial charge on any atom is -0.399 e. The molecule has 0 aliphatic rings. The number of rotatable bonds is 4. The van der Waals surface area contributed by atoms with Crippen molar-refractivity contribution in [2.75, 3.05) is 10.5 Å². The Hall–Kier alpha value is -1.79. The van der Waals surface area contributed by atoms with Gasteiger partial charge in [-0.3, -0.25) is 4.72 Å². The summed E-state index contributed by atoms with van der Waals surface area (Å²) >= 11 is 5.64. The largest absolute Gasteiger partial charge is 0.399 e. The quantitative estimate of drug-likeness (QED) is 0.845. The molecule has 2 rings (SSSR count). The van der Waals surface area contributed by atoms with Gasteiger partial charge in [-0.05, 0) is 42.3 Å². The molecule has 0 radical (unpaired) electrons. The van der Waals surface area contributed by atoms with Gasteiger partial charge in [-0.1, -0.05) is 24.6 Å². The molecule has 0 saturated carbocycles. The molecule has 4 nitrogen and oxygen atoms in total. The first-order valence-electron chi connectivity index (χ1n) is 6.19. The van der Waals surface area contributed by atoms with Crippen LogP contribution in [0.5, 0.6) is 0 Å². The van der Waals surface area contributed by atoms with Crippen LogP contribution in [0.25, 0.3) is 0 Å². The number of sulfonamides is 1. The van der Waals surface area contributed by atoms with Crippen molar-refractivity contribution in [3.05, 3.63) is 52.8 Å². The Labute approximate surface area is 127 Å². The first-order chi connectivity index (χ1) is 9.83. The number of nitrogen functional groups attached to an aromatic ring is 1. The number of hydrogen-bond acceptors (Lipinski definition) is 3. The fraction of sp³-hybridized carbons (Fsp3) is 0.143. The number of nitrogens with one attached hydrogen (secondary N) is 1.